The maximum Gasteiger partial charge on any atom is 0.407 e. The van der Waals surface area contributed by atoms with Crippen LogP contribution in [0.4, 0.5) is 4.79 Å². The van der Waals surface area contributed by atoms with E-state index in [1.54, 1.807) is 0 Å². The van der Waals surface area contributed by atoms with E-state index in [9.17, 15) is 9.90 Å². The number of amides is 1. The van der Waals surface area contributed by atoms with Gasteiger partial charge in [0.2, 0.25) is 0 Å². The Hall–Kier alpha value is -1.77. The molecule has 1 fully saturated rings. The highest BCUT2D eigenvalue weighted by Crippen LogP contribution is 2.52. The molecule has 26 heavy (non-hydrogen) atoms. The molecule has 1 heterocycles. The fourth-order valence-electron chi connectivity index (χ4n) is 5.47. The summed E-state index contributed by atoms with van der Waals surface area (Å²) in [5.74, 6) is 0.571. The lowest BCUT2D eigenvalue weighted by atomic mass is 9.59. The van der Waals surface area contributed by atoms with Gasteiger partial charge >= 0.3 is 6.09 Å². The van der Waals surface area contributed by atoms with E-state index in [-0.39, 0.29) is 0 Å². The van der Waals surface area contributed by atoms with Gasteiger partial charge in [-0.2, -0.15) is 0 Å². The van der Waals surface area contributed by atoms with Crippen LogP contribution in [-0.2, 0) is 0 Å². The normalized spacial score (nSPS) is 22.8. The van der Waals surface area contributed by atoms with Crippen molar-refractivity contribution in [2.45, 2.75) is 66.2 Å². The molecule has 3 heteroatoms. The molecule has 0 aromatic heterocycles. The number of carboxylic acid groups (broad SMARTS) is 1. The highest BCUT2D eigenvalue weighted by molar-refractivity contribution is 5.73. The molecule has 0 spiro atoms. The Morgan fingerprint density at radius 3 is 2.35 bits per heavy atom. The van der Waals surface area contributed by atoms with E-state index in [1.165, 1.54) is 46.4 Å². The summed E-state index contributed by atoms with van der Waals surface area (Å²) in [5.41, 5.74) is 6.16. The molecule has 0 atom stereocenters. The minimum atomic E-state index is -0.819. The van der Waals surface area contributed by atoms with Crippen LogP contribution in [0.1, 0.15) is 76.0 Å². The summed E-state index contributed by atoms with van der Waals surface area (Å²) in [6.45, 7) is 12.9. The predicted octanol–water partition coefficient (Wildman–Crippen LogP) is 6.08. The van der Waals surface area contributed by atoms with Crippen molar-refractivity contribution in [3.63, 3.8) is 0 Å². The van der Waals surface area contributed by atoms with Gasteiger partial charge in [-0.1, -0.05) is 57.5 Å². The van der Waals surface area contributed by atoms with Crippen LogP contribution in [0.15, 0.2) is 24.3 Å². The Balaban J connectivity index is 1.96. The summed E-state index contributed by atoms with van der Waals surface area (Å²) in [4.78, 5) is 12.7. The van der Waals surface area contributed by atoms with E-state index < -0.39 is 6.09 Å². The fourth-order valence-corrected chi connectivity index (χ4v) is 5.47. The van der Waals surface area contributed by atoms with Crippen LogP contribution in [-0.4, -0.2) is 29.2 Å². The van der Waals surface area contributed by atoms with Crippen molar-refractivity contribution < 1.29 is 9.90 Å². The standard InChI is InChI=1S/C23H33NO2/c1-16-6-7-19(17-8-10-24(11-9-17)21(25)26)20(12-16)18-13-22(2,3)15-23(4,5)14-18/h6-8,12,18H,9-11,13-15H2,1-5H3,(H,25,26). The summed E-state index contributed by atoms with van der Waals surface area (Å²) in [7, 11) is 0. The zero-order valence-electron chi connectivity index (χ0n) is 16.9. The van der Waals surface area contributed by atoms with Crippen LogP contribution in [0.3, 0.4) is 0 Å². The molecule has 0 radical (unpaired) electrons. The lowest BCUT2D eigenvalue weighted by Gasteiger charge is -2.46. The van der Waals surface area contributed by atoms with Crippen LogP contribution in [0.25, 0.3) is 5.57 Å². The number of carbonyl (C=O) groups is 1. The second-order valence-corrected chi connectivity index (χ2v) is 9.91. The summed E-state index contributed by atoms with van der Waals surface area (Å²) < 4.78 is 0. The van der Waals surface area contributed by atoms with E-state index in [0.717, 1.165) is 6.42 Å². The molecule has 1 N–H and O–H groups in total. The Morgan fingerprint density at radius 2 is 1.81 bits per heavy atom. The molecule has 1 aliphatic carbocycles. The Labute approximate surface area is 158 Å². The van der Waals surface area contributed by atoms with Gasteiger partial charge in [0.15, 0.2) is 0 Å². The van der Waals surface area contributed by atoms with Crippen molar-refractivity contribution in [3.8, 4) is 0 Å². The maximum atomic E-state index is 11.2. The molecule has 1 aromatic rings. The summed E-state index contributed by atoms with van der Waals surface area (Å²) in [6, 6.07) is 6.84. The van der Waals surface area contributed by atoms with E-state index in [4.69, 9.17) is 0 Å². The number of hydrogen-bond acceptors (Lipinski definition) is 1. The zero-order chi connectivity index (χ0) is 19.1. The lowest BCUT2D eigenvalue weighted by molar-refractivity contribution is 0.0968. The van der Waals surface area contributed by atoms with Crippen molar-refractivity contribution in [1.29, 1.82) is 0 Å². The first-order valence-corrected chi connectivity index (χ1v) is 9.84. The highest BCUT2D eigenvalue weighted by atomic mass is 16.4. The second-order valence-electron chi connectivity index (χ2n) is 9.91. The number of benzene rings is 1. The summed E-state index contributed by atoms with van der Waals surface area (Å²) >= 11 is 0. The maximum absolute atomic E-state index is 11.2. The number of hydrogen-bond donors (Lipinski definition) is 1. The highest BCUT2D eigenvalue weighted by Gasteiger charge is 2.39. The third kappa shape index (κ3) is 4.13. The monoisotopic (exact) mass is 355 g/mol. The molecule has 3 rings (SSSR count). The van der Waals surface area contributed by atoms with Crippen LogP contribution in [0.5, 0.6) is 0 Å². The summed E-state index contributed by atoms with van der Waals surface area (Å²) in [6.07, 6.45) is 5.82. The van der Waals surface area contributed by atoms with Crippen LogP contribution in [0.2, 0.25) is 0 Å². The van der Waals surface area contributed by atoms with Gasteiger partial charge in [0, 0.05) is 13.1 Å². The Morgan fingerprint density at radius 1 is 1.15 bits per heavy atom. The Kier molecular flexibility index (Phi) is 4.94. The van der Waals surface area contributed by atoms with Crippen LogP contribution in [0, 0.1) is 17.8 Å². The average Bonchev–Trinajstić information content (AvgIpc) is 2.52. The molecular weight excluding hydrogens is 322 g/mol. The third-order valence-corrected chi connectivity index (χ3v) is 6.03. The fraction of sp³-hybridized carbons (Fsp3) is 0.609. The van der Waals surface area contributed by atoms with Gasteiger partial charge in [0.25, 0.3) is 0 Å². The van der Waals surface area contributed by atoms with Gasteiger partial charge in [-0.3, -0.25) is 0 Å². The predicted molar refractivity (Wildman–Crippen MR) is 108 cm³/mol. The van der Waals surface area contributed by atoms with E-state index in [0.29, 0.717) is 29.8 Å². The average molecular weight is 356 g/mol. The number of nitrogens with zero attached hydrogens (tertiary/aromatic N) is 1. The zero-order valence-corrected chi connectivity index (χ0v) is 16.9. The first kappa shape index (κ1) is 19.0. The molecule has 1 saturated carbocycles. The third-order valence-electron chi connectivity index (χ3n) is 6.03. The van der Waals surface area contributed by atoms with Gasteiger partial charge in [-0.25, -0.2) is 4.79 Å². The molecule has 142 valence electrons. The largest absolute Gasteiger partial charge is 0.465 e. The van der Waals surface area contributed by atoms with Crippen molar-refractivity contribution >= 4 is 11.7 Å². The van der Waals surface area contributed by atoms with Crippen molar-refractivity contribution in [2.75, 3.05) is 13.1 Å². The quantitative estimate of drug-likeness (QED) is 0.698. The van der Waals surface area contributed by atoms with E-state index in [2.05, 4.69) is 58.9 Å². The topological polar surface area (TPSA) is 40.5 Å². The van der Waals surface area contributed by atoms with E-state index in [1.807, 2.05) is 0 Å². The SMILES string of the molecule is Cc1ccc(C2=CCN(C(=O)O)CC2)c(C2CC(C)(C)CC(C)(C)C2)c1. The van der Waals surface area contributed by atoms with E-state index >= 15 is 0 Å². The first-order valence-electron chi connectivity index (χ1n) is 9.84. The van der Waals surface area contributed by atoms with Gasteiger partial charge in [-0.05, 0) is 66.1 Å². The lowest BCUT2D eigenvalue weighted by Crippen LogP contribution is -2.34. The molecule has 1 amide bonds. The number of rotatable bonds is 2. The molecule has 3 nitrogen and oxygen atoms in total. The Bertz CT molecular complexity index is 714. The summed E-state index contributed by atoms with van der Waals surface area (Å²) in [5, 5.41) is 9.20. The van der Waals surface area contributed by atoms with Crippen molar-refractivity contribution in [1.82, 2.24) is 4.90 Å². The van der Waals surface area contributed by atoms with Crippen LogP contribution < -0.4 is 0 Å². The molecule has 0 bridgehead atoms. The molecule has 0 saturated heterocycles. The van der Waals surface area contributed by atoms with Crippen molar-refractivity contribution in [3.05, 3.63) is 41.0 Å². The minimum Gasteiger partial charge on any atom is -0.465 e. The first-order chi connectivity index (χ1) is 12.1. The smallest absolute Gasteiger partial charge is 0.407 e. The molecular formula is C23H33NO2. The number of aryl methyl sites for hydroxylation is 1. The second kappa shape index (κ2) is 6.75. The van der Waals surface area contributed by atoms with Gasteiger partial charge in [0.05, 0.1) is 0 Å². The molecule has 1 aromatic carbocycles. The van der Waals surface area contributed by atoms with Crippen LogP contribution >= 0.6 is 0 Å². The van der Waals surface area contributed by atoms with Gasteiger partial charge in [-0.15, -0.1) is 0 Å². The van der Waals surface area contributed by atoms with Crippen molar-refractivity contribution in [2.24, 2.45) is 10.8 Å². The van der Waals surface area contributed by atoms with Gasteiger partial charge in [0.1, 0.15) is 0 Å². The molecule has 1 aliphatic heterocycles. The van der Waals surface area contributed by atoms with Gasteiger partial charge < -0.3 is 10.0 Å². The minimum absolute atomic E-state index is 0.356. The molecule has 2 aliphatic rings. The molecule has 0 unspecified atom stereocenters.